The highest BCUT2D eigenvalue weighted by molar-refractivity contribution is 5.79. The van der Waals surface area contributed by atoms with Gasteiger partial charge < -0.3 is 9.47 Å². The summed E-state index contributed by atoms with van der Waals surface area (Å²) in [5.74, 6) is 0.173. The molecule has 0 unspecified atom stereocenters. The lowest BCUT2D eigenvalue weighted by molar-refractivity contribution is -0.147. The van der Waals surface area contributed by atoms with Crippen molar-refractivity contribution < 1.29 is 19.1 Å². The first-order valence-corrected chi connectivity index (χ1v) is 7.49. The number of rotatable bonds is 8. The molecule has 0 aromatic heterocycles. The molecule has 0 heterocycles. The number of benzene rings is 1. The molecular formula is C17H24O4. The third-order valence-corrected chi connectivity index (χ3v) is 3.07. The molecule has 0 fully saturated rings. The molecule has 0 aliphatic carbocycles. The maximum absolute atomic E-state index is 11.6. The van der Waals surface area contributed by atoms with Crippen LogP contribution in [0.1, 0.15) is 57.9 Å². The second-order valence-corrected chi connectivity index (χ2v) is 5.27. The van der Waals surface area contributed by atoms with Gasteiger partial charge in [0.25, 0.3) is 0 Å². The van der Waals surface area contributed by atoms with Gasteiger partial charge in [0, 0.05) is 0 Å². The van der Waals surface area contributed by atoms with Crippen molar-refractivity contribution in [2.75, 3.05) is 6.61 Å². The molecule has 0 aliphatic rings. The molecule has 0 atom stereocenters. The quantitative estimate of drug-likeness (QED) is 0.415. The van der Waals surface area contributed by atoms with Crippen LogP contribution < -0.4 is 4.74 Å². The number of carbonyl (C=O) groups is 2. The summed E-state index contributed by atoms with van der Waals surface area (Å²) in [6, 6.07) is 7.41. The average Bonchev–Trinajstić information content (AvgIpc) is 2.46. The molecule has 1 rings (SSSR count). The van der Waals surface area contributed by atoms with Gasteiger partial charge in [0.15, 0.2) is 0 Å². The van der Waals surface area contributed by atoms with Gasteiger partial charge >= 0.3 is 11.9 Å². The number of carbonyl (C=O) groups excluding carboxylic acids is 2. The predicted octanol–water partition coefficient (Wildman–Crippen LogP) is 3.84. The zero-order chi connectivity index (χ0) is 15.7. The van der Waals surface area contributed by atoms with Crippen LogP contribution in [-0.4, -0.2) is 18.5 Å². The summed E-state index contributed by atoms with van der Waals surface area (Å²) < 4.78 is 10.2. The third kappa shape index (κ3) is 6.93. The summed E-state index contributed by atoms with van der Waals surface area (Å²) in [5.41, 5.74) is 1.19. The molecule has 0 aliphatic heterocycles. The van der Waals surface area contributed by atoms with Crippen molar-refractivity contribution >= 4 is 11.9 Å². The molecule has 116 valence electrons. The Morgan fingerprint density at radius 1 is 1.05 bits per heavy atom. The van der Waals surface area contributed by atoms with Gasteiger partial charge in [0.05, 0.1) is 19.4 Å². The average molecular weight is 292 g/mol. The van der Waals surface area contributed by atoms with Gasteiger partial charge in [0.2, 0.25) is 0 Å². The van der Waals surface area contributed by atoms with E-state index in [1.54, 1.807) is 12.1 Å². The maximum atomic E-state index is 11.6. The fraction of sp³-hybridized carbons (Fsp3) is 0.529. The summed E-state index contributed by atoms with van der Waals surface area (Å²) in [6.07, 6.45) is 1.92. The van der Waals surface area contributed by atoms with E-state index in [2.05, 4.69) is 13.8 Å². The normalized spacial score (nSPS) is 10.5. The molecule has 4 nitrogen and oxygen atoms in total. The van der Waals surface area contributed by atoms with Crippen LogP contribution in [0.2, 0.25) is 0 Å². The Balaban J connectivity index is 2.31. The second kappa shape index (κ2) is 9.16. The third-order valence-electron chi connectivity index (χ3n) is 3.07. The molecule has 0 bridgehead atoms. The van der Waals surface area contributed by atoms with E-state index < -0.39 is 5.97 Å². The molecule has 0 saturated heterocycles. The summed E-state index contributed by atoms with van der Waals surface area (Å²) in [5, 5.41) is 0. The Hall–Kier alpha value is -1.84. The van der Waals surface area contributed by atoms with Gasteiger partial charge in [-0.1, -0.05) is 39.3 Å². The zero-order valence-electron chi connectivity index (χ0n) is 13.1. The lowest BCUT2D eigenvalue weighted by atomic mass is 10.0. The van der Waals surface area contributed by atoms with E-state index in [1.807, 2.05) is 19.1 Å². The molecule has 0 N–H and O–H groups in total. The van der Waals surface area contributed by atoms with Crippen LogP contribution in [0.4, 0.5) is 0 Å². The smallest absolute Gasteiger partial charge is 0.311 e. The van der Waals surface area contributed by atoms with Crippen molar-refractivity contribution in [1.82, 2.24) is 0 Å². The summed E-state index contributed by atoms with van der Waals surface area (Å²) in [6.45, 7) is 6.65. The molecule has 4 heteroatoms. The molecule has 0 spiro atoms. The molecule has 21 heavy (non-hydrogen) atoms. The largest absolute Gasteiger partial charge is 0.466 e. The van der Waals surface area contributed by atoms with Gasteiger partial charge in [-0.25, -0.2) is 0 Å². The minimum atomic E-state index is -0.417. The molecule has 0 saturated carbocycles. The lowest BCUT2D eigenvalue weighted by Crippen LogP contribution is -2.12. The zero-order valence-corrected chi connectivity index (χ0v) is 13.1. The van der Waals surface area contributed by atoms with Crippen LogP contribution >= 0.6 is 0 Å². The van der Waals surface area contributed by atoms with Crippen molar-refractivity contribution in [1.29, 1.82) is 0 Å². The minimum absolute atomic E-state index is 0.0386. The van der Waals surface area contributed by atoms with Crippen LogP contribution in [0, 0.1) is 0 Å². The Morgan fingerprint density at radius 2 is 1.67 bits per heavy atom. The number of hydrogen-bond acceptors (Lipinski definition) is 4. The van der Waals surface area contributed by atoms with E-state index in [1.165, 1.54) is 5.56 Å². The van der Waals surface area contributed by atoms with Gasteiger partial charge in [0.1, 0.15) is 5.75 Å². The number of hydrogen-bond donors (Lipinski definition) is 0. The topological polar surface area (TPSA) is 52.6 Å². The molecule has 0 radical (unpaired) electrons. The molecule has 1 aromatic rings. The minimum Gasteiger partial charge on any atom is -0.466 e. The van der Waals surface area contributed by atoms with Crippen molar-refractivity contribution in [2.45, 2.75) is 52.4 Å². The van der Waals surface area contributed by atoms with Gasteiger partial charge in [-0.05, 0) is 30.0 Å². The monoisotopic (exact) mass is 292 g/mol. The summed E-state index contributed by atoms with van der Waals surface area (Å²) in [7, 11) is 0. The molecular weight excluding hydrogens is 268 g/mol. The maximum Gasteiger partial charge on any atom is 0.311 e. The van der Waals surface area contributed by atoms with Crippen LogP contribution in [0.15, 0.2) is 24.3 Å². The summed E-state index contributed by atoms with van der Waals surface area (Å²) in [4.78, 5) is 23.0. The summed E-state index contributed by atoms with van der Waals surface area (Å²) >= 11 is 0. The van der Waals surface area contributed by atoms with Crippen molar-refractivity contribution in [3.63, 3.8) is 0 Å². The van der Waals surface area contributed by atoms with E-state index in [4.69, 9.17) is 9.47 Å². The van der Waals surface area contributed by atoms with Crippen molar-refractivity contribution in [3.05, 3.63) is 29.8 Å². The van der Waals surface area contributed by atoms with Crippen molar-refractivity contribution in [2.24, 2.45) is 0 Å². The Morgan fingerprint density at radius 3 is 2.24 bits per heavy atom. The lowest BCUT2D eigenvalue weighted by Gasteiger charge is -2.08. The van der Waals surface area contributed by atoms with Crippen LogP contribution in [0.5, 0.6) is 5.75 Å². The van der Waals surface area contributed by atoms with E-state index in [0.29, 0.717) is 18.3 Å². The number of ether oxygens (including phenoxy) is 2. The highest BCUT2D eigenvalue weighted by Gasteiger charge is 2.10. The van der Waals surface area contributed by atoms with E-state index in [-0.39, 0.29) is 18.8 Å². The van der Waals surface area contributed by atoms with E-state index in [0.717, 1.165) is 12.8 Å². The van der Waals surface area contributed by atoms with Gasteiger partial charge in [-0.2, -0.15) is 0 Å². The van der Waals surface area contributed by atoms with E-state index in [9.17, 15) is 9.59 Å². The van der Waals surface area contributed by atoms with Crippen LogP contribution in [0.3, 0.4) is 0 Å². The first-order valence-electron chi connectivity index (χ1n) is 7.49. The fourth-order valence-corrected chi connectivity index (χ4v) is 1.71. The Kier molecular flexibility index (Phi) is 7.51. The standard InChI is InChI=1S/C17H24O4/c1-4-5-12-20-16(18)10-11-17(19)21-15-8-6-14(7-9-15)13(2)3/h6-9,13H,4-5,10-12H2,1-3H3. The first-order chi connectivity index (χ1) is 10.0. The molecule has 1 aromatic carbocycles. The first kappa shape index (κ1) is 17.2. The molecule has 0 amide bonds. The fourth-order valence-electron chi connectivity index (χ4n) is 1.71. The van der Waals surface area contributed by atoms with Gasteiger partial charge in [-0.3, -0.25) is 9.59 Å². The van der Waals surface area contributed by atoms with Crippen LogP contribution in [0.25, 0.3) is 0 Å². The SMILES string of the molecule is CCCCOC(=O)CCC(=O)Oc1ccc(C(C)C)cc1. The second-order valence-electron chi connectivity index (χ2n) is 5.27. The Labute approximate surface area is 126 Å². The highest BCUT2D eigenvalue weighted by atomic mass is 16.5. The number of esters is 2. The van der Waals surface area contributed by atoms with Gasteiger partial charge in [-0.15, -0.1) is 0 Å². The predicted molar refractivity (Wildman–Crippen MR) is 81.3 cm³/mol. The Bertz CT molecular complexity index is 448. The van der Waals surface area contributed by atoms with Crippen LogP contribution in [-0.2, 0) is 14.3 Å². The number of unbranched alkanes of at least 4 members (excludes halogenated alkanes) is 1. The van der Waals surface area contributed by atoms with E-state index >= 15 is 0 Å². The van der Waals surface area contributed by atoms with Crippen molar-refractivity contribution in [3.8, 4) is 5.75 Å². The highest BCUT2D eigenvalue weighted by Crippen LogP contribution is 2.19.